The van der Waals surface area contributed by atoms with E-state index in [0.717, 1.165) is 12.1 Å². The maximum Gasteiger partial charge on any atom is 0.233 e. The summed E-state index contributed by atoms with van der Waals surface area (Å²) in [4.78, 5) is 18.5. The third kappa shape index (κ3) is 2.99. The van der Waals surface area contributed by atoms with Gasteiger partial charge in [-0.05, 0) is 39.9 Å². The molecule has 0 aliphatic carbocycles. The Hall–Kier alpha value is -1.33. The molecule has 1 fully saturated rings. The smallest absolute Gasteiger partial charge is 0.233 e. The van der Waals surface area contributed by atoms with Gasteiger partial charge < -0.3 is 4.90 Å². The van der Waals surface area contributed by atoms with E-state index in [-0.39, 0.29) is 11.3 Å². The summed E-state index contributed by atoms with van der Waals surface area (Å²) in [5.74, 6) is 1.27. The number of thiophene rings is 1. The lowest BCUT2D eigenvalue weighted by Crippen LogP contribution is -2.31. The van der Waals surface area contributed by atoms with Crippen molar-refractivity contribution in [3.8, 4) is 11.1 Å². The van der Waals surface area contributed by atoms with Crippen LogP contribution in [-0.4, -0.2) is 28.1 Å². The zero-order valence-electron chi connectivity index (χ0n) is 12.2. The summed E-state index contributed by atoms with van der Waals surface area (Å²) in [6, 6.07) is 4.17. The van der Waals surface area contributed by atoms with E-state index in [2.05, 4.69) is 35.7 Å². The van der Waals surface area contributed by atoms with Crippen molar-refractivity contribution in [3.05, 3.63) is 40.8 Å². The Morgan fingerprint density at radius 1 is 1.43 bits per heavy atom. The van der Waals surface area contributed by atoms with Crippen molar-refractivity contribution in [3.63, 3.8) is 0 Å². The highest BCUT2D eigenvalue weighted by molar-refractivity contribution is 8.00. The number of hydrogen-bond donors (Lipinski definition) is 0. The normalized spacial score (nSPS) is 18.7. The fourth-order valence-electron chi connectivity index (χ4n) is 2.59. The van der Waals surface area contributed by atoms with E-state index in [1.807, 2.05) is 23.4 Å². The maximum atomic E-state index is 12.2. The van der Waals surface area contributed by atoms with Gasteiger partial charge in [-0.25, -0.2) is 0 Å². The molecule has 2 aromatic heterocycles. The average molecular weight is 318 g/mol. The molecule has 0 bridgehead atoms. The predicted molar refractivity (Wildman–Crippen MR) is 89.3 cm³/mol. The summed E-state index contributed by atoms with van der Waals surface area (Å²) in [6.45, 7) is 5.10. The molecule has 0 aromatic carbocycles. The Morgan fingerprint density at radius 2 is 2.29 bits per heavy atom. The van der Waals surface area contributed by atoms with Crippen molar-refractivity contribution in [2.24, 2.45) is 5.92 Å². The molecule has 0 saturated carbocycles. The summed E-state index contributed by atoms with van der Waals surface area (Å²) in [7, 11) is 0. The van der Waals surface area contributed by atoms with E-state index in [4.69, 9.17) is 0 Å². The zero-order chi connectivity index (χ0) is 14.8. The number of carbonyl (C=O) groups excluding carboxylic acids is 1. The third-order valence-electron chi connectivity index (χ3n) is 3.48. The molecular weight excluding hydrogens is 300 g/mol. The predicted octanol–water partition coefficient (Wildman–Crippen LogP) is 4.04. The minimum absolute atomic E-state index is 0.0866. The molecule has 110 valence electrons. The second-order valence-corrected chi connectivity index (χ2v) is 7.43. The van der Waals surface area contributed by atoms with Gasteiger partial charge in [-0.15, -0.1) is 11.8 Å². The molecule has 3 rings (SSSR count). The van der Waals surface area contributed by atoms with E-state index >= 15 is 0 Å². The number of amides is 1. The lowest BCUT2D eigenvalue weighted by atomic mass is 10.0. The van der Waals surface area contributed by atoms with Crippen molar-refractivity contribution in [1.82, 2.24) is 9.88 Å². The topological polar surface area (TPSA) is 33.2 Å². The molecule has 1 aliphatic heterocycles. The summed E-state index contributed by atoms with van der Waals surface area (Å²) >= 11 is 3.39. The first-order valence-electron chi connectivity index (χ1n) is 7.04. The second-order valence-electron chi connectivity index (χ2n) is 5.58. The molecule has 1 amide bonds. The number of nitrogens with zero attached hydrogens (tertiary/aromatic N) is 2. The van der Waals surface area contributed by atoms with Gasteiger partial charge in [0.05, 0.1) is 5.75 Å². The van der Waals surface area contributed by atoms with Crippen LogP contribution in [-0.2, 0) is 4.79 Å². The van der Waals surface area contributed by atoms with Gasteiger partial charge in [0.15, 0.2) is 0 Å². The van der Waals surface area contributed by atoms with E-state index < -0.39 is 0 Å². The molecule has 0 radical (unpaired) electrons. The Kier molecular flexibility index (Phi) is 4.31. The molecule has 2 aromatic rings. The monoisotopic (exact) mass is 318 g/mol. The summed E-state index contributed by atoms with van der Waals surface area (Å²) in [6.07, 6.45) is 3.74. The molecule has 0 N–H and O–H groups in total. The van der Waals surface area contributed by atoms with E-state index in [0.29, 0.717) is 11.7 Å². The Labute approximate surface area is 133 Å². The number of carbonyl (C=O) groups is 1. The van der Waals surface area contributed by atoms with Crippen molar-refractivity contribution in [1.29, 1.82) is 0 Å². The van der Waals surface area contributed by atoms with Crippen LogP contribution in [0.5, 0.6) is 0 Å². The molecule has 3 heterocycles. The van der Waals surface area contributed by atoms with Gasteiger partial charge in [0.1, 0.15) is 5.37 Å². The van der Waals surface area contributed by atoms with Crippen LogP contribution in [0.1, 0.15) is 24.8 Å². The van der Waals surface area contributed by atoms with Crippen LogP contribution in [0.4, 0.5) is 0 Å². The SMILES string of the molecule is CC(C)CN1C(=O)CSC1c1cnccc1-c1ccsc1. The fraction of sp³-hybridized carbons (Fsp3) is 0.375. The summed E-state index contributed by atoms with van der Waals surface area (Å²) in [5.41, 5.74) is 3.54. The van der Waals surface area contributed by atoms with Gasteiger partial charge in [0, 0.05) is 24.5 Å². The molecule has 1 unspecified atom stereocenters. The molecule has 1 atom stereocenters. The van der Waals surface area contributed by atoms with Gasteiger partial charge in [0.25, 0.3) is 0 Å². The van der Waals surface area contributed by atoms with Crippen molar-refractivity contribution >= 4 is 29.0 Å². The Balaban J connectivity index is 1.98. The first kappa shape index (κ1) is 14.6. The van der Waals surface area contributed by atoms with Gasteiger partial charge in [0.2, 0.25) is 5.91 Å². The van der Waals surface area contributed by atoms with Crippen LogP contribution in [0.15, 0.2) is 35.3 Å². The number of aromatic nitrogens is 1. The molecule has 1 saturated heterocycles. The van der Waals surface area contributed by atoms with Crippen LogP contribution in [0.3, 0.4) is 0 Å². The molecule has 21 heavy (non-hydrogen) atoms. The van der Waals surface area contributed by atoms with E-state index in [1.54, 1.807) is 23.1 Å². The minimum atomic E-state index is 0.0866. The lowest BCUT2D eigenvalue weighted by molar-refractivity contribution is -0.128. The van der Waals surface area contributed by atoms with Gasteiger partial charge in [-0.1, -0.05) is 13.8 Å². The van der Waals surface area contributed by atoms with Gasteiger partial charge in [-0.3, -0.25) is 9.78 Å². The van der Waals surface area contributed by atoms with Gasteiger partial charge in [-0.2, -0.15) is 11.3 Å². The number of rotatable bonds is 4. The second kappa shape index (κ2) is 6.20. The van der Waals surface area contributed by atoms with E-state index in [9.17, 15) is 4.79 Å². The van der Waals surface area contributed by atoms with Crippen LogP contribution in [0.25, 0.3) is 11.1 Å². The third-order valence-corrected chi connectivity index (χ3v) is 5.40. The molecular formula is C16H18N2OS2. The minimum Gasteiger partial charge on any atom is -0.325 e. The first-order valence-corrected chi connectivity index (χ1v) is 9.03. The Morgan fingerprint density at radius 3 is 3.00 bits per heavy atom. The van der Waals surface area contributed by atoms with Crippen molar-refractivity contribution in [2.75, 3.05) is 12.3 Å². The van der Waals surface area contributed by atoms with Crippen LogP contribution < -0.4 is 0 Å². The van der Waals surface area contributed by atoms with Gasteiger partial charge >= 0.3 is 0 Å². The van der Waals surface area contributed by atoms with Crippen LogP contribution in [0.2, 0.25) is 0 Å². The number of pyridine rings is 1. The maximum absolute atomic E-state index is 12.2. The summed E-state index contributed by atoms with van der Waals surface area (Å²) < 4.78 is 0. The van der Waals surface area contributed by atoms with Crippen LogP contribution >= 0.6 is 23.1 Å². The molecule has 1 aliphatic rings. The quantitative estimate of drug-likeness (QED) is 0.853. The summed E-state index contributed by atoms with van der Waals surface area (Å²) in [5, 5.41) is 4.31. The highest BCUT2D eigenvalue weighted by atomic mass is 32.2. The van der Waals surface area contributed by atoms with Crippen molar-refractivity contribution in [2.45, 2.75) is 19.2 Å². The number of thioether (sulfide) groups is 1. The highest BCUT2D eigenvalue weighted by Gasteiger charge is 2.34. The molecule has 5 heteroatoms. The molecule has 3 nitrogen and oxygen atoms in total. The Bertz CT molecular complexity index is 625. The largest absolute Gasteiger partial charge is 0.325 e. The van der Waals surface area contributed by atoms with Crippen LogP contribution in [0, 0.1) is 5.92 Å². The molecule has 0 spiro atoms. The average Bonchev–Trinajstić information content (AvgIpc) is 3.10. The lowest BCUT2D eigenvalue weighted by Gasteiger charge is -2.27. The fourth-order valence-corrected chi connectivity index (χ4v) is 4.46. The first-order chi connectivity index (χ1) is 10.2. The standard InChI is InChI=1S/C16H18N2OS2/c1-11(2)8-18-15(19)10-21-16(18)14-7-17-5-3-13(14)12-4-6-20-9-12/h3-7,9,11,16H,8,10H2,1-2H3. The van der Waals surface area contributed by atoms with E-state index in [1.165, 1.54) is 11.1 Å². The number of hydrogen-bond acceptors (Lipinski definition) is 4. The highest BCUT2D eigenvalue weighted by Crippen LogP contribution is 2.42. The van der Waals surface area contributed by atoms with Crippen molar-refractivity contribution < 1.29 is 4.79 Å². The zero-order valence-corrected chi connectivity index (χ0v) is 13.8.